The Bertz CT molecular complexity index is 1060. The molecule has 0 aliphatic carbocycles. The van der Waals surface area contributed by atoms with E-state index in [2.05, 4.69) is 10.3 Å². The molecule has 1 aliphatic heterocycles. The van der Waals surface area contributed by atoms with Gasteiger partial charge in [0.15, 0.2) is 0 Å². The lowest BCUT2D eigenvalue weighted by molar-refractivity contribution is -0.130. The van der Waals surface area contributed by atoms with E-state index in [0.29, 0.717) is 23.4 Å². The molecule has 0 unspecified atom stereocenters. The molecule has 2 amide bonds. The van der Waals surface area contributed by atoms with Crippen LogP contribution in [0.5, 0.6) is 0 Å². The second-order valence-electron chi connectivity index (χ2n) is 7.52. The molecule has 31 heavy (non-hydrogen) atoms. The van der Waals surface area contributed by atoms with Crippen molar-refractivity contribution in [3.05, 3.63) is 83.6 Å². The molecule has 0 saturated carbocycles. The number of thioether (sulfide) groups is 1. The van der Waals surface area contributed by atoms with E-state index in [4.69, 9.17) is 0 Å². The Balaban J connectivity index is 1.39. The zero-order chi connectivity index (χ0) is 21.6. The molecule has 2 heterocycles. The molecule has 1 N–H and O–H groups in total. The Morgan fingerprint density at radius 2 is 1.68 bits per heavy atom. The average Bonchev–Trinajstić information content (AvgIpc) is 2.81. The summed E-state index contributed by atoms with van der Waals surface area (Å²) >= 11 is 1.89. The van der Waals surface area contributed by atoms with Gasteiger partial charge in [-0.05, 0) is 36.8 Å². The Morgan fingerprint density at radius 3 is 2.35 bits per heavy atom. The maximum Gasteiger partial charge on any atom is 0.257 e. The highest BCUT2D eigenvalue weighted by molar-refractivity contribution is 7.99. The molecule has 0 spiro atoms. The third-order valence-corrected chi connectivity index (χ3v) is 6.27. The molecular formula is C25H25N3O2S. The van der Waals surface area contributed by atoms with Gasteiger partial charge in [-0.1, -0.05) is 42.5 Å². The smallest absolute Gasteiger partial charge is 0.257 e. The molecule has 1 aliphatic rings. The van der Waals surface area contributed by atoms with E-state index in [9.17, 15) is 9.59 Å². The number of aromatic nitrogens is 1. The lowest BCUT2D eigenvalue weighted by Gasteiger charge is -2.26. The van der Waals surface area contributed by atoms with Crippen molar-refractivity contribution in [2.24, 2.45) is 0 Å². The molecule has 0 radical (unpaired) electrons. The van der Waals surface area contributed by atoms with Gasteiger partial charge in [-0.3, -0.25) is 14.6 Å². The van der Waals surface area contributed by atoms with Crippen LogP contribution in [-0.2, 0) is 11.2 Å². The van der Waals surface area contributed by atoms with Crippen LogP contribution in [0.15, 0.2) is 66.7 Å². The first kappa shape index (κ1) is 21.1. The van der Waals surface area contributed by atoms with Crippen LogP contribution in [0.2, 0.25) is 0 Å². The summed E-state index contributed by atoms with van der Waals surface area (Å²) in [6, 6.07) is 21.1. The number of amides is 2. The largest absolute Gasteiger partial charge is 0.341 e. The first-order valence-corrected chi connectivity index (χ1v) is 11.5. The number of nitrogens with one attached hydrogen (secondary N) is 1. The number of carbonyl (C=O) groups is 2. The minimum atomic E-state index is -0.195. The summed E-state index contributed by atoms with van der Waals surface area (Å²) in [7, 11) is 0. The van der Waals surface area contributed by atoms with E-state index >= 15 is 0 Å². The molecule has 0 atom stereocenters. The molecule has 3 aromatic rings. The van der Waals surface area contributed by atoms with Gasteiger partial charge in [0.05, 0.1) is 23.4 Å². The molecule has 6 heteroatoms. The van der Waals surface area contributed by atoms with E-state index < -0.39 is 0 Å². The number of benzene rings is 2. The fourth-order valence-electron chi connectivity index (χ4n) is 3.57. The topological polar surface area (TPSA) is 62.3 Å². The van der Waals surface area contributed by atoms with Crippen LogP contribution >= 0.6 is 11.8 Å². The summed E-state index contributed by atoms with van der Waals surface area (Å²) in [5.41, 5.74) is 4.73. The summed E-state index contributed by atoms with van der Waals surface area (Å²) in [4.78, 5) is 31.7. The summed E-state index contributed by atoms with van der Waals surface area (Å²) in [5.74, 6) is 1.99. The van der Waals surface area contributed by atoms with Crippen LogP contribution in [0.3, 0.4) is 0 Å². The quantitative estimate of drug-likeness (QED) is 0.649. The number of pyridine rings is 1. The molecule has 0 bridgehead atoms. The van der Waals surface area contributed by atoms with Gasteiger partial charge in [-0.2, -0.15) is 11.8 Å². The van der Waals surface area contributed by atoms with E-state index in [1.165, 1.54) is 0 Å². The van der Waals surface area contributed by atoms with Gasteiger partial charge in [0, 0.05) is 35.8 Å². The van der Waals surface area contributed by atoms with Crippen LogP contribution < -0.4 is 5.32 Å². The number of carbonyl (C=O) groups excluding carboxylic acids is 2. The summed E-state index contributed by atoms with van der Waals surface area (Å²) in [6.07, 6.45) is 0.392. The third kappa shape index (κ3) is 5.33. The number of rotatable bonds is 5. The van der Waals surface area contributed by atoms with E-state index in [1.54, 1.807) is 0 Å². The standard InChI is InChI=1S/C25H25N3O2S/c1-18-22(11-12-23(26-18)20-5-3-2-4-6-20)25(30)27-21-9-7-19(8-10-21)17-24(29)28-13-15-31-16-14-28/h2-12H,13-17H2,1H3,(H,27,30). The SMILES string of the molecule is Cc1nc(-c2ccccc2)ccc1C(=O)Nc1ccc(CC(=O)N2CCSCC2)cc1. The van der Waals surface area contributed by atoms with Crippen LogP contribution in [0.1, 0.15) is 21.6 Å². The average molecular weight is 432 g/mol. The van der Waals surface area contributed by atoms with Gasteiger partial charge in [-0.25, -0.2) is 0 Å². The van der Waals surface area contributed by atoms with Gasteiger partial charge in [0.25, 0.3) is 5.91 Å². The maximum absolute atomic E-state index is 12.7. The van der Waals surface area contributed by atoms with E-state index in [1.807, 2.05) is 90.3 Å². The van der Waals surface area contributed by atoms with E-state index in [0.717, 1.165) is 41.4 Å². The van der Waals surface area contributed by atoms with Gasteiger partial charge in [0.2, 0.25) is 5.91 Å². The van der Waals surface area contributed by atoms with Crippen molar-refractivity contribution in [3.8, 4) is 11.3 Å². The number of hydrogen-bond donors (Lipinski definition) is 1. The summed E-state index contributed by atoms with van der Waals surface area (Å²) < 4.78 is 0. The van der Waals surface area contributed by atoms with Crippen molar-refractivity contribution < 1.29 is 9.59 Å². The normalized spacial score (nSPS) is 13.6. The molecule has 1 fully saturated rings. The zero-order valence-corrected chi connectivity index (χ0v) is 18.3. The van der Waals surface area contributed by atoms with Gasteiger partial charge in [-0.15, -0.1) is 0 Å². The van der Waals surface area contributed by atoms with Crippen molar-refractivity contribution in [1.29, 1.82) is 0 Å². The molecule has 5 nitrogen and oxygen atoms in total. The van der Waals surface area contributed by atoms with Crippen molar-refractivity contribution >= 4 is 29.3 Å². The van der Waals surface area contributed by atoms with Gasteiger partial charge < -0.3 is 10.2 Å². The van der Waals surface area contributed by atoms with E-state index in [-0.39, 0.29) is 11.8 Å². The first-order valence-electron chi connectivity index (χ1n) is 10.4. The number of anilines is 1. The Labute approximate surface area is 186 Å². The van der Waals surface area contributed by atoms with Crippen molar-refractivity contribution in [2.75, 3.05) is 29.9 Å². The highest BCUT2D eigenvalue weighted by Crippen LogP contribution is 2.20. The summed E-state index contributed by atoms with van der Waals surface area (Å²) in [5, 5.41) is 2.93. The minimum absolute atomic E-state index is 0.164. The van der Waals surface area contributed by atoms with Crippen LogP contribution in [-0.4, -0.2) is 46.3 Å². The molecular weight excluding hydrogens is 406 g/mol. The summed E-state index contributed by atoms with van der Waals surface area (Å²) in [6.45, 7) is 3.50. The van der Waals surface area contributed by atoms with Gasteiger partial charge >= 0.3 is 0 Å². The van der Waals surface area contributed by atoms with Crippen LogP contribution in [0.4, 0.5) is 5.69 Å². The third-order valence-electron chi connectivity index (χ3n) is 5.33. The predicted octanol–water partition coefficient (Wildman–Crippen LogP) is 4.43. The minimum Gasteiger partial charge on any atom is -0.341 e. The second kappa shape index (κ2) is 9.79. The number of aryl methyl sites for hydroxylation is 1. The maximum atomic E-state index is 12.7. The van der Waals surface area contributed by atoms with Crippen LogP contribution in [0, 0.1) is 6.92 Å². The second-order valence-corrected chi connectivity index (χ2v) is 8.74. The molecule has 1 saturated heterocycles. The Morgan fingerprint density at radius 1 is 0.968 bits per heavy atom. The molecule has 4 rings (SSSR count). The fourth-order valence-corrected chi connectivity index (χ4v) is 4.48. The highest BCUT2D eigenvalue weighted by Gasteiger charge is 2.17. The number of hydrogen-bond acceptors (Lipinski definition) is 4. The van der Waals surface area contributed by atoms with Crippen molar-refractivity contribution in [3.63, 3.8) is 0 Å². The number of nitrogens with zero attached hydrogens (tertiary/aromatic N) is 2. The zero-order valence-electron chi connectivity index (χ0n) is 17.5. The highest BCUT2D eigenvalue weighted by atomic mass is 32.2. The fraction of sp³-hybridized carbons (Fsp3) is 0.240. The predicted molar refractivity (Wildman–Crippen MR) is 126 cm³/mol. The first-order chi connectivity index (χ1) is 15.1. The van der Waals surface area contributed by atoms with Gasteiger partial charge in [0.1, 0.15) is 0 Å². The lowest BCUT2D eigenvalue weighted by Crippen LogP contribution is -2.38. The monoisotopic (exact) mass is 431 g/mol. The van der Waals surface area contributed by atoms with Crippen molar-refractivity contribution in [2.45, 2.75) is 13.3 Å². The Hall–Kier alpha value is -3.12. The molecule has 1 aromatic heterocycles. The molecule has 2 aromatic carbocycles. The molecule has 158 valence electrons. The Kier molecular flexibility index (Phi) is 6.67. The van der Waals surface area contributed by atoms with Crippen molar-refractivity contribution in [1.82, 2.24) is 9.88 Å². The lowest BCUT2D eigenvalue weighted by atomic mass is 10.1. The van der Waals surface area contributed by atoms with Crippen LogP contribution in [0.25, 0.3) is 11.3 Å².